The SMILES string of the molecule is O=C1c2nccn2CCN1C1CCCCC1. The molecule has 0 atom stereocenters. The third-order valence-electron chi connectivity index (χ3n) is 3.76. The average molecular weight is 219 g/mol. The number of rotatable bonds is 1. The molecular formula is C12H17N3O. The van der Waals surface area contributed by atoms with Gasteiger partial charge in [0.25, 0.3) is 5.91 Å². The van der Waals surface area contributed by atoms with Crippen molar-refractivity contribution in [2.24, 2.45) is 0 Å². The number of imidazole rings is 1. The molecule has 2 aliphatic rings. The molecular weight excluding hydrogens is 202 g/mol. The van der Waals surface area contributed by atoms with Crippen molar-refractivity contribution in [2.45, 2.75) is 44.7 Å². The van der Waals surface area contributed by atoms with E-state index in [1.807, 2.05) is 15.7 Å². The van der Waals surface area contributed by atoms with E-state index in [0.717, 1.165) is 13.1 Å². The number of amides is 1. The van der Waals surface area contributed by atoms with Gasteiger partial charge in [-0.25, -0.2) is 4.98 Å². The molecule has 1 aromatic rings. The minimum absolute atomic E-state index is 0.128. The van der Waals surface area contributed by atoms with Crippen LogP contribution in [0.25, 0.3) is 0 Å². The molecule has 0 spiro atoms. The van der Waals surface area contributed by atoms with Crippen molar-refractivity contribution in [2.75, 3.05) is 6.54 Å². The Morgan fingerprint density at radius 2 is 2.00 bits per heavy atom. The molecule has 0 bridgehead atoms. The molecule has 86 valence electrons. The number of nitrogens with zero attached hydrogens (tertiary/aromatic N) is 3. The first-order chi connectivity index (χ1) is 7.86. The lowest BCUT2D eigenvalue weighted by Gasteiger charge is -2.36. The molecule has 0 N–H and O–H groups in total. The van der Waals surface area contributed by atoms with Crippen LogP contribution in [0.1, 0.15) is 42.7 Å². The number of fused-ring (bicyclic) bond motifs is 1. The van der Waals surface area contributed by atoms with E-state index in [4.69, 9.17) is 0 Å². The van der Waals surface area contributed by atoms with Gasteiger partial charge < -0.3 is 9.47 Å². The zero-order chi connectivity index (χ0) is 11.0. The van der Waals surface area contributed by atoms with E-state index in [-0.39, 0.29) is 5.91 Å². The summed E-state index contributed by atoms with van der Waals surface area (Å²) in [5.41, 5.74) is 0. The highest BCUT2D eigenvalue weighted by atomic mass is 16.2. The Hall–Kier alpha value is -1.32. The molecule has 0 aromatic carbocycles. The van der Waals surface area contributed by atoms with Crippen molar-refractivity contribution in [1.29, 1.82) is 0 Å². The summed E-state index contributed by atoms with van der Waals surface area (Å²) in [6.07, 6.45) is 9.82. The van der Waals surface area contributed by atoms with E-state index in [0.29, 0.717) is 11.9 Å². The van der Waals surface area contributed by atoms with Crippen molar-refractivity contribution < 1.29 is 4.79 Å². The fraction of sp³-hybridized carbons (Fsp3) is 0.667. The zero-order valence-electron chi connectivity index (χ0n) is 9.43. The summed E-state index contributed by atoms with van der Waals surface area (Å²) in [7, 11) is 0. The molecule has 3 rings (SSSR count). The van der Waals surface area contributed by atoms with Crippen LogP contribution in [-0.2, 0) is 6.54 Å². The van der Waals surface area contributed by atoms with Crippen LogP contribution in [0.3, 0.4) is 0 Å². The second kappa shape index (κ2) is 3.92. The van der Waals surface area contributed by atoms with Gasteiger partial charge in [0.05, 0.1) is 0 Å². The number of hydrogen-bond donors (Lipinski definition) is 0. The van der Waals surface area contributed by atoms with Gasteiger partial charge in [-0.05, 0) is 12.8 Å². The lowest BCUT2D eigenvalue weighted by Crippen LogP contribution is -2.47. The lowest BCUT2D eigenvalue weighted by molar-refractivity contribution is 0.0563. The summed E-state index contributed by atoms with van der Waals surface area (Å²) in [6, 6.07) is 0.465. The third kappa shape index (κ3) is 1.52. The van der Waals surface area contributed by atoms with Gasteiger partial charge in [0.15, 0.2) is 5.82 Å². The minimum atomic E-state index is 0.128. The number of carbonyl (C=O) groups excluding carboxylic acids is 1. The Balaban J connectivity index is 1.81. The van der Waals surface area contributed by atoms with Crippen molar-refractivity contribution in [3.8, 4) is 0 Å². The topological polar surface area (TPSA) is 38.1 Å². The molecule has 16 heavy (non-hydrogen) atoms. The predicted octanol–water partition coefficient (Wildman–Crippen LogP) is 1.67. The summed E-state index contributed by atoms with van der Waals surface area (Å²) < 4.78 is 1.96. The van der Waals surface area contributed by atoms with Crippen molar-refractivity contribution in [3.05, 3.63) is 18.2 Å². The molecule has 1 aliphatic heterocycles. The van der Waals surface area contributed by atoms with E-state index in [1.54, 1.807) is 6.20 Å². The summed E-state index contributed by atoms with van der Waals surface area (Å²) >= 11 is 0. The van der Waals surface area contributed by atoms with Crippen molar-refractivity contribution >= 4 is 5.91 Å². The van der Waals surface area contributed by atoms with Gasteiger partial charge in [-0.3, -0.25) is 4.79 Å². The Morgan fingerprint density at radius 3 is 2.81 bits per heavy atom. The fourth-order valence-electron chi connectivity index (χ4n) is 2.87. The fourth-order valence-corrected chi connectivity index (χ4v) is 2.87. The molecule has 0 radical (unpaired) electrons. The highest BCUT2D eigenvalue weighted by Crippen LogP contribution is 2.25. The zero-order valence-corrected chi connectivity index (χ0v) is 9.43. The molecule has 0 unspecified atom stereocenters. The van der Waals surface area contributed by atoms with Gasteiger partial charge in [-0.2, -0.15) is 0 Å². The van der Waals surface area contributed by atoms with Gasteiger partial charge >= 0.3 is 0 Å². The van der Waals surface area contributed by atoms with E-state index >= 15 is 0 Å². The van der Waals surface area contributed by atoms with Crippen LogP contribution in [0.5, 0.6) is 0 Å². The highest BCUT2D eigenvalue weighted by molar-refractivity contribution is 5.91. The molecule has 0 saturated heterocycles. The van der Waals surface area contributed by atoms with Crippen LogP contribution < -0.4 is 0 Å². The predicted molar refractivity (Wildman–Crippen MR) is 60.1 cm³/mol. The second-order valence-corrected chi connectivity index (χ2v) is 4.73. The second-order valence-electron chi connectivity index (χ2n) is 4.73. The molecule has 4 nitrogen and oxygen atoms in total. The van der Waals surface area contributed by atoms with Gasteiger partial charge in [-0.1, -0.05) is 19.3 Å². The smallest absolute Gasteiger partial charge is 0.290 e. The van der Waals surface area contributed by atoms with Crippen molar-refractivity contribution in [3.63, 3.8) is 0 Å². The van der Waals surface area contributed by atoms with Crippen molar-refractivity contribution in [1.82, 2.24) is 14.5 Å². The first kappa shape index (κ1) is 9.87. The average Bonchev–Trinajstić information content (AvgIpc) is 2.80. The van der Waals surface area contributed by atoms with Crippen LogP contribution in [-0.4, -0.2) is 32.9 Å². The van der Waals surface area contributed by atoms with Gasteiger partial charge in [0.2, 0.25) is 0 Å². The number of aromatic nitrogens is 2. The van der Waals surface area contributed by atoms with E-state index in [9.17, 15) is 4.79 Å². The maximum absolute atomic E-state index is 12.2. The molecule has 2 heterocycles. The standard InChI is InChI=1S/C12H17N3O/c16-12-11-13-6-7-14(11)8-9-15(12)10-4-2-1-3-5-10/h6-7,10H,1-5,8-9H2. The van der Waals surface area contributed by atoms with Crippen LogP contribution in [0.2, 0.25) is 0 Å². The normalized spacial score (nSPS) is 22.2. The molecule has 1 aromatic heterocycles. The van der Waals surface area contributed by atoms with Crippen LogP contribution in [0.4, 0.5) is 0 Å². The van der Waals surface area contributed by atoms with E-state index in [2.05, 4.69) is 4.98 Å². The van der Waals surface area contributed by atoms with Crippen LogP contribution >= 0.6 is 0 Å². The third-order valence-corrected chi connectivity index (χ3v) is 3.76. The van der Waals surface area contributed by atoms with Gasteiger partial charge in [0, 0.05) is 31.5 Å². The summed E-state index contributed by atoms with van der Waals surface area (Å²) in [5.74, 6) is 0.750. The first-order valence-corrected chi connectivity index (χ1v) is 6.18. The number of carbonyl (C=O) groups is 1. The maximum Gasteiger partial charge on any atom is 0.290 e. The highest BCUT2D eigenvalue weighted by Gasteiger charge is 2.31. The monoisotopic (exact) mass is 219 g/mol. The summed E-state index contributed by atoms with van der Waals surface area (Å²) in [6.45, 7) is 1.75. The Morgan fingerprint density at radius 1 is 1.19 bits per heavy atom. The minimum Gasteiger partial charge on any atom is -0.331 e. The molecule has 1 aliphatic carbocycles. The molecule has 1 amide bonds. The Labute approximate surface area is 95.3 Å². The van der Waals surface area contributed by atoms with Gasteiger partial charge in [-0.15, -0.1) is 0 Å². The van der Waals surface area contributed by atoms with Crippen LogP contribution in [0, 0.1) is 0 Å². The molecule has 4 heteroatoms. The van der Waals surface area contributed by atoms with E-state index < -0.39 is 0 Å². The molecule has 1 saturated carbocycles. The maximum atomic E-state index is 12.2. The number of hydrogen-bond acceptors (Lipinski definition) is 2. The largest absolute Gasteiger partial charge is 0.331 e. The van der Waals surface area contributed by atoms with Gasteiger partial charge in [0.1, 0.15) is 0 Å². The Kier molecular flexibility index (Phi) is 2.42. The summed E-state index contributed by atoms with van der Waals surface area (Å²) in [4.78, 5) is 18.4. The quantitative estimate of drug-likeness (QED) is 0.720. The van der Waals surface area contributed by atoms with E-state index in [1.165, 1.54) is 32.1 Å². The van der Waals surface area contributed by atoms with Crippen LogP contribution in [0.15, 0.2) is 12.4 Å². The first-order valence-electron chi connectivity index (χ1n) is 6.18. The summed E-state index contributed by atoms with van der Waals surface area (Å²) in [5, 5.41) is 0. The Bertz CT molecular complexity index is 393. The lowest BCUT2D eigenvalue weighted by atomic mass is 9.94. The molecule has 1 fully saturated rings.